The van der Waals surface area contributed by atoms with Crippen molar-refractivity contribution in [2.45, 2.75) is 44.6 Å². The van der Waals surface area contributed by atoms with Crippen molar-refractivity contribution in [2.75, 3.05) is 5.32 Å². The summed E-state index contributed by atoms with van der Waals surface area (Å²) in [4.78, 5) is 27.6. The molecule has 0 spiro atoms. The molecular formula is C19H21N5O3. The molecule has 0 atom stereocenters. The van der Waals surface area contributed by atoms with Crippen LogP contribution in [-0.2, 0) is 16.0 Å². The van der Waals surface area contributed by atoms with Crippen LogP contribution in [0.3, 0.4) is 0 Å². The van der Waals surface area contributed by atoms with Crippen LogP contribution in [0, 0.1) is 0 Å². The van der Waals surface area contributed by atoms with Gasteiger partial charge in [-0.3, -0.25) is 14.7 Å². The van der Waals surface area contributed by atoms with E-state index < -0.39 is 0 Å². The number of carbonyl (C=O) groups excluding carboxylic acids is 2. The lowest BCUT2D eigenvalue weighted by atomic mass is 9.78. The molecule has 1 aliphatic rings. The van der Waals surface area contributed by atoms with Crippen LogP contribution in [-0.4, -0.2) is 33.0 Å². The van der Waals surface area contributed by atoms with E-state index in [1.165, 1.54) is 6.92 Å². The van der Waals surface area contributed by atoms with Crippen molar-refractivity contribution in [3.8, 4) is 0 Å². The van der Waals surface area contributed by atoms with E-state index in [2.05, 4.69) is 25.8 Å². The third-order valence-corrected chi connectivity index (χ3v) is 4.74. The van der Waals surface area contributed by atoms with Gasteiger partial charge in [0.2, 0.25) is 11.8 Å². The zero-order valence-electron chi connectivity index (χ0n) is 15.0. The number of hydrogen-bond acceptors (Lipinski definition) is 5. The maximum Gasteiger partial charge on any atom is 0.226 e. The van der Waals surface area contributed by atoms with E-state index in [-0.39, 0.29) is 24.3 Å². The Bertz CT molecular complexity index is 938. The first-order valence-electron chi connectivity index (χ1n) is 9.03. The number of rotatable bonds is 6. The SMILES string of the molecule is CC(=O)N[C@H]1C[C@@H](c2cc(NC(=O)CCc3nc4ccccc4o3)[nH]n2)C1. The first kappa shape index (κ1) is 17.3. The number of aromatic amines is 1. The lowest BCUT2D eigenvalue weighted by Crippen LogP contribution is -2.42. The Hall–Kier alpha value is -3.16. The Labute approximate surface area is 155 Å². The Morgan fingerprint density at radius 3 is 2.89 bits per heavy atom. The molecule has 1 saturated carbocycles. The standard InChI is InChI=1S/C19H21N5O3/c1-11(25)20-13-8-12(9-13)15-10-17(24-23-15)22-18(26)6-7-19-21-14-4-2-3-5-16(14)27-19/h2-5,10,12-13H,6-9H2,1H3,(H,20,25)(H2,22,23,24,26)/t12-,13+. The van der Waals surface area contributed by atoms with Gasteiger partial charge in [0.25, 0.3) is 0 Å². The molecular weight excluding hydrogens is 346 g/mol. The van der Waals surface area contributed by atoms with Gasteiger partial charge < -0.3 is 15.1 Å². The average molecular weight is 367 g/mol. The average Bonchev–Trinajstić information content (AvgIpc) is 3.22. The lowest BCUT2D eigenvalue weighted by Gasteiger charge is -2.34. The van der Waals surface area contributed by atoms with Gasteiger partial charge in [-0.1, -0.05) is 12.1 Å². The van der Waals surface area contributed by atoms with E-state index in [4.69, 9.17) is 4.42 Å². The van der Waals surface area contributed by atoms with Gasteiger partial charge in [0.05, 0.1) is 5.69 Å². The van der Waals surface area contributed by atoms with Gasteiger partial charge in [0.15, 0.2) is 11.5 Å². The number of nitrogens with one attached hydrogen (secondary N) is 3. The summed E-state index contributed by atoms with van der Waals surface area (Å²) < 4.78 is 5.62. The third kappa shape index (κ3) is 3.99. The van der Waals surface area contributed by atoms with Gasteiger partial charge in [-0.2, -0.15) is 5.10 Å². The maximum absolute atomic E-state index is 12.2. The number of nitrogens with zero attached hydrogens (tertiary/aromatic N) is 2. The van der Waals surface area contributed by atoms with Gasteiger partial charge in [-0.05, 0) is 25.0 Å². The molecule has 3 N–H and O–H groups in total. The molecule has 0 radical (unpaired) electrons. The largest absolute Gasteiger partial charge is 0.441 e. The zero-order chi connectivity index (χ0) is 18.8. The van der Waals surface area contributed by atoms with E-state index in [1.807, 2.05) is 30.3 Å². The lowest BCUT2D eigenvalue weighted by molar-refractivity contribution is -0.120. The van der Waals surface area contributed by atoms with E-state index in [0.29, 0.717) is 24.0 Å². The second-order valence-electron chi connectivity index (χ2n) is 6.90. The summed E-state index contributed by atoms with van der Waals surface area (Å²) in [5.74, 6) is 1.30. The summed E-state index contributed by atoms with van der Waals surface area (Å²) in [6.45, 7) is 1.52. The number of amides is 2. The van der Waals surface area contributed by atoms with Crippen molar-refractivity contribution in [1.29, 1.82) is 0 Å². The molecule has 4 rings (SSSR count). The number of aryl methyl sites for hydroxylation is 1. The van der Waals surface area contributed by atoms with Crippen LogP contribution in [0.5, 0.6) is 0 Å². The number of hydrogen-bond donors (Lipinski definition) is 3. The minimum atomic E-state index is -0.128. The molecule has 0 saturated heterocycles. The highest BCUT2D eigenvalue weighted by molar-refractivity contribution is 5.89. The number of oxazole rings is 1. The Morgan fingerprint density at radius 1 is 1.30 bits per heavy atom. The number of carbonyl (C=O) groups is 2. The van der Waals surface area contributed by atoms with Gasteiger partial charge in [0.1, 0.15) is 11.3 Å². The van der Waals surface area contributed by atoms with Crippen LogP contribution in [0.1, 0.15) is 43.7 Å². The summed E-state index contributed by atoms with van der Waals surface area (Å²) in [6.07, 6.45) is 2.45. The van der Waals surface area contributed by atoms with Crippen molar-refractivity contribution >= 4 is 28.7 Å². The molecule has 2 aromatic heterocycles. The van der Waals surface area contributed by atoms with Crippen molar-refractivity contribution in [3.05, 3.63) is 41.9 Å². The zero-order valence-corrected chi connectivity index (χ0v) is 15.0. The second kappa shape index (κ2) is 7.22. The molecule has 1 fully saturated rings. The highest BCUT2D eigenvalue weighted by atomic mass is 16.3. The Morgan fingerprint density at radius 2 is 2.11 bits per heavy atom. The van der Waals surface area contributed by atoms with Crippen molar-refractivity contribution in [3.63, 3.8) is 0 Å². The molecule has 3 aromatic rings. The van der Waals surface area contributed by atoms with Gasteiger partial charge in [-0.15, -0.1) is 0 Å². The topological polar surface area (TPSA) is 113 Å². The molecule has 2 heterocycles. The highest BCUT2D eigenvalue weighted by Crippen LogP contribution is 2.36. The Balaban J connectivity index is 1.26. The number of benzene rings is 1. The fourth-order valence-electron chi connectivity index (χ4n) is 3.34. The molecule has 27 heavy (non-hydrogen) atoms. The van der Waals surface area contributed by atoms with Gasteiger partial charge >= 0.3 is 0 Å². The highest BCUT2D eigenvalue weighted by Gasteiger charge is 2.32. The van der Waals surface area contributed by atoms with E-state index >= 15 is 0 Å². The molecule has 1 aromatic carbocycles. The smallest absolute Gasteiger partial charge is 0.226 e. The Kier molecular flexibility index (Phi) is 4.62. The minimum Gasteiger partial charge on any atom is -0.441 e. The predicted octanol–water partition coefficient (Wildman–Crippen LogP) is 2.50. The molecule has 140 valence electrons. The van der Waals surface area contributed by atoms with Crippen LogP contribution >= 0.6 is 0 Å². The summed E-state index contributed by atoms with van der Waals surface area (Å²) in [6, 6.07) is 9.60. The number of H-pyrrole nitrogens is 1. The molecule has 0 unspecified atom stereocenters. The fourth-order valence-corrected chi connectivity index (χ4v) is 3.34. The third-order valence-electron chi connectivity index (χ3n) is 4.74. The summed E-state index contributed by atoms with van der Waals surface area (Å²) in [7, 11) is 0. The van der Waals surface area contributed by atoms with E-state index in [9.17, 15) is 9.59 Å². The van der Waals surface area contributed by atoms with E-state index in [0.717, 1.165) is 29.6 Å². The van der Waals surface area contributed by atoms with E-state index in [1.54, 1.807) is 0 Å². The quantitative estimate of drug-likeness (QED) is 0.619. The fraction of sp³-hybridized carbons (Fsp3) is 0.368. The first-order valence-corrected chi connectivity index (χ1v) is 9.03. The van der Waals surface area contributed by atoms with Crippen LogP contribution in [0.4, 0.5) is 5.82 Å². The summed E-state index contributed by atoms with van der Waals surface area (Å²) >= 11 is 0. The van der Waals surface area contributed by atoms with Gasteiger partial charge in [-0.25, -0.2) is 4.98 Å². The molecule has 1 aliphatic carbocycles. The van der Waals surface area contributed by atoms with Crippen molar-refractivity contribution < 1.29 is 14.0 Å². The number of fused-ring (bicyclic) bond motifs is 1. The summed E-state index contributed by atoms with van der Waals surface area (Å²) in [5, 5.41) is 12.8. The number of anilines is 1. The summed E-state index contributed by atoms with van der Waals surface area (Å²) in [5.41, 5.74) is 2.43. The van der Waals surface area contributed by atoms with Crippen molar-refractivity contribution in [1.82, 2.24) is 20.5 Å². The second-order valence-corrected chi connectivity index (χ2v) is 6.90. The minimum absolute atomic E-state index is 0.00706. The van der Waals surface area contributed by atoms with Crippen LogP contribution < -0.4 is 10.6 Å². The van der Waals surface area contributed by atoms with Crippen molar-refractivity contribution in [2.24, 2.45) is 0 Å². The predicted molar refractivity (Wildman–Crippen MR) is 99.1 cm³/mol. The number of para-hydroxylation sites is 2. The number of aromatic nitrogens is 3. The molecule has 2 amide bonds. The maximum atomic E-state index is 12.2. The first-order chi connectivity index (χ1) is 13.1. The van der Waals surface area contributed by atoms with Crippen LogP contribution in [0.15, 0.2) is 34.7 Å². The molecule has 0 aliphatic heterocycles. The molecule has 8 heteroatoms. The molecule has 8 nitrogen and oxygen atoms in total. The van der Waals surface area contributed by atoms with Gasteiger partial charge in [0, 0.05) is 37.8 Å². The molecule has 0 bridgehead atoms. The van der Waals surface area contributed by atoms with Crippen LogP contribution in [0.25, 0.3) is 11.1 Å². The van der Waals surface area contributed by atoms with Crippen LogP contribution in [0.2, 0.25) is 0 Å². The normalized spacial score (nSPS) is 18.9. The monoisotopic (exact) mass is 367 g/mol.